The minimum atomic E-state index is -1.58. The van der Waals surface area contributed by atoms with Crippen molar-refractivity contribution < 1.29 is 47.6 Å². The molecular formula is C29H45NO10. The van der Waals surface area contributed by atoms with Gasteiger partial charge in [-0.05, 0) is 63.6 Å². The molecular weight excluding hydrogens is 522 g/mol. The van der Waals surface area contributed by atoms with Gasteiger partial charge in [-0.25, -0.2) is 9.59 Å². The predicted octanol–water partition coefficient (Wildman–Crippen LogP) is 5.49. The van der Waals surface area contributed by atoms with E-state index in [1.165, 1.54) is 19.2 Å². The van der Waals surface area contributed by atoms with Crippen LogP contribution in [0, 0.1) is 5.92 Å². The van der Waals surface area contributed by atoms with Crippen LogP contribution in [0.5, 0.6) is 11.5 Å². The van der Waals surface area contributed by atoms with E-state index in [4.69, 9.17) is 34.2 Å². The van der Waals surface area contributed by atoms with Crippen LogP contribution in [0.3, 0.4) is 0 Å². The molecule has 2 N–H and O–H groups in total. The van der Waals surface area contributed by atoms with Crippen molar-refractivity contribution in [3.8, 4) is 11.5 Å². The van der Waals surface area contributed by atoms with E-state index in [2.05, 4.69) is 0 Å². The molecule has 0 radical (unpaired) electrons. The summed E-state index contributed by atoms with van der Waals surface area (Å²) in [5, 5.41) is 0. The van der Waals surface area contributed by atoms with Gasteiger partial charge >= 0.3 is 24.2 Å². The van der Waals surface area contributed by atoms with Crippen LogP contribution in [0.2, 0.25) is 0 Å². The number of nitrogens with two attached hydrogens (primary N) is 1. The number of rotatable bonds is 15. The Morgan fingerprint density at radius 2 is 1.38 bits per heavy atom. The van der Waals surface area contributed by atoms with E-state index < -0.39 is 36.0 Å². The number of hydrogen-bond acceptors (Lipinski definition) is 11. The lowest BCUT2D eigenvalue weighted by Crippen LogP contribution is -2.53. The van der Waals surface area contributed by atoms with E-state index in [9.17, 15) is 19.2 Å². The number of esters is 2. The van der Waals surface area contributed by atoms with Gasteiger partial charge in [0.15, 0.2) is 11.5 Å². The zero-order valence-corrected chi connectivity index (χ0v) is 24.9. The lowest BCUT2D eigenvalue weighted by molar-refractivity contribution is -0.155. The van der Waals surface area contributed by atoms with Gasteiger partial charge in [0.05, 0.1) is 7.11 Å². The topological polar surface area (TPSA) is 150 Å². The summed E-state index contributed by atoms with van der Waals surface area (Å²) in [5.74, 6) is -0.976. The summed E-state index contributed by atoms with van der Waals surface area (Å²) >= 11 is 0. The molecule has 1 aromatic rings. The van der Waals surface area contributed by atoms with E-state index in [-0.39, 0.29) is 42.8 Å². The van der Waals surface area contributed by atoms with Crippen LogP contribution in [0.4, 0.5) is 9.59 Å². The molecule has 4 atom stereocenters. The fourth-order valence-corrected chi connectivity index (χ4v) is 3.59. The summed E-state index contributed by atoms with van der Waals surface area (Å²) in [7, 11) is 1.21. The van der Waals surface area contributed by atoms with Crippen LogP contribution in [0.1, 0.15) is 86.1 Å². The third-order valence-electron chi connectivity index (χ3n) is 6.16. The monoisotopic (exact) mass is 567 g/mol. The van der Waals surface area contributed by atoms with Crippen LogP contribution in [-0.2, 0) is 35.0 Å². The first-order chi connectivity index (χ1) is 18.7. The molecule has 0 bridgehead atoms. The van der Waals surface area contributed by atoms with E-state index >= 15 is 0 Å². The molecule has 0 saturated heterocycles. The van der Waals surface area contributed by atoms with Gasteiger partial charge < -0.3 is 34.2 Å². The third-order valence-corrected chi connectivity index (χ3v) is 6.16. The van der Waals surface area contributed by atoms with Crippen LogP contribution in [0.15, 0.2) is 18.2 Å². The molecule has 0 aliphatic rings. The molecule has 0 aromatic heterocycles. The lowest BCUT2D eigenvalue weighted by Gasteiger charge is -2.29. The van der Waals surface area contributed by atoms with Crippen LogP contribution >= 0.6 is 0 Å². The van der Waals surface area contributed by atoms with Gasteiger partial charge in [0, 0.05) is 19.3 Å². The highest BCUT2D eigenvalue weighted by molar-refractivity contribution is 5.81. The molecule has 0 aliphatic carbocycles. The minimum absolute atomic E-state index is 0.0289. The number of benzene rings is 1. The Morgan fingerprint density at radius 3 is 1.88 bits per heavy atom. The van der Waals surface area contributed by atoms with Gasteiger partial charge in [0.25, 0.3) is 0 Å². The van der Waals surface area contributed by atoms with Gasteiger partial charge in [-0.1, -0.05) is 33.8 Å². The first-order valence-corrected chi connectivity index (χ1v) is 13.7. The average molecular weight is 568 g/mol. The Kier molecular flexibility index (Phi) is 14.5. The summed E-state index contributed by atoms with van der Waals surface area (Å²) in [6, 6.07) is 4.36. The van der Waals surface area contributed by atoms with Crippen molar-refractivity contribution in [2.24, 2.45) is 11.7 Å². The van der Waals surface area contributed by atoms with Crippen LogP contribution in [-0.4, -0.2) is 55.2 Å². The number of hydrogen-bond donors (Lipinski definition) is 1. The maximum Gasteiger partial charge on any atom is 0.514 e. The highest BCUT2D eigenvalue weighted by Gasteiger charge is 2.38. The molecule has 11 heteroatoms. The lowest BCUT2D eigenvalue weighted by atomic mass is 9.86. The van der Waals surface area contributed by atoms with E-state index in [0.29, 0.717) is 30.7 Å². The normalized spacial score (nSPS) is 14.8. The zero-order valence-electron chi connectivity index (χ0n) is 24.9. The predicted molar refractivity (Wildman–Crippen MR) is 147 cm³/mol. The second kappa shape index (κ2) is 16.7. The van der Waals surface area contributed by atoms with Crippen molar-refractivity contribution in [1.82, 2.24) is 0 Å². The molecule has 0 aliphatic heterocycles. The standard InChI is InChI=1S/C29H45NO10/c1-9-19(5)37-27(33)39-23-13-12-22(15-24(23)40-28(34)38-20(6)10-2)17-29(30,26(32)35-8)16-21(7)36-25(31)14-11-18(3)4/h12-13,15,18-21H,9-11,14,16-17,30H2,1-8H3/t19-,20?,21?,29+/m0/s1. The third kappa shape index (κ3) is 12.2. The Bertz CT molecular complexity index is 995. The van der Waals surface area contributed by atoms with Crippen molar-refractivity contribution in [1.29, 1.82) is 0 Å². The second-order valence-corrected chi connectivity index (χ2v) is 10.4. The maximum absolute atomic E-state index is 12.8. The smallest absolute Gasteiger partial charge is 0.468 e. The molecule has 0 heterocycles. The summed E-state index contributed by atoms with van der Waals surface area (Å²) < 4.78 is 31.4. The molecule has 226 valence electrons. The van der Waals surface area contributed by atoms with Gasteiger partial charge in [0.2, 0.25) is 0 Å². The van der Waals surface area contributed by atoms with Gasteiger partial charge in [-0.15, -0.1) is 0 Å². The van der Waals surface area contributed by atoms with E-state index in [1.54, 1.807) is 26.8 Å². The summed E-state index contributed by atoms with van der Waals surface area (Å²) in [6.45, 7) is 12.8. The largest absolute Gasteiger partial charge is 0.514 e. The van der Waals surface area contributed by atoms with Gasteiger partial charge in [-0.2, -0.15) is 0 Å². The number of ether oxygens (including phenoxy) is 6. The average Bonchev–Trinajstić information content (AvgIpc) is 2.87. The SMILES string of the molecule is CCC(C)OC(=O)Oc1cc(C[C@](N)(CC(C)OC(=O)CCC(C)C)C(=O)OC)ccc1OC(=O)O[C@@H](C)CC. The van der Waals surface area contributed by atoms with Crippen molar-refractivity contribution in [2.75, 3.05) is 7.11 Å². The molecule has 0 saturated carbocycles. The molecule has 1 aromatic carbocycles. The Hall–Kier alpha value is -3.34. The maximum atomic E-state index is 12.8. The summed E-state index contributed by atoms with van der Waals surface area (Å²) in [4.78, 5) is 49.6. The highest BCUT2D eigenvalue weighted by atomic mass is 16.7. The molecule has 11 nitrogen and oxygen atoms in total. The van der Waals surface area contributed by atoms with Gasteiger partial charge in [-0.3, -0.25) is 9.59 Å². The molecule has 40 heavy (non-hydrogen) atoms. The zero-order chi connectivity index (χ0) is 30.5. The first kappa shape index (κ1) is 34.7. The van der Waals surface area contributed by atoms with Crippen molar-refractivity contribution in [3.63, 3.8) is 0 Å². The van der Waals surface area contributed by atoms with Gasteiger partial charge in [0.1, 0.15) is 23.9 Å². The number of carbonyl (C=O) groups excluding carboxylic acids is 4. The fraction of sp³-hybridized carbons (Fsp3) is 0.655. The van der Waals surface area contributed by atoms with Crippen LogP contribution in [0.25, 0.3) is 0 Å². The highest BCUT2D eigenvalue weighted by Crippen LogP contribution is 2.32. The Morgan fingerprint density at radius 1 is 0.825 bits per heavy atom. The van der Waals surface area contributed by atoms with Crippen LogP contribution < -0.4 is 15.2 Å². The minimum Gasteiger partial charge on any atom is -0.468 e. The summed E-state index contributed by atoms with van der Waals surface area (Å²) in [6.07, 6.45) is -1.46. The van der Waals surface area contributed by atoms with Crippen molar-refractivity contribution in [2.45, 2.75) is 111 Å². The Labute approximate surface area is 236 Å². The van der Waals surface area contributed by atoms with E-state index in [1.807, 2.05) is 27.7 Å². The number of carbonyl (C=O) groups is 4. The van der Waals surface area contributed by atoms with Crippen molar-refractivity contribution in [3.05, 3.63) is 23.8 Å². The molecule has 0 spiro atoms. The molecule has 0 fully saturated rings. The van der Waals surface area contributed by atoms with E-state index in [0.717, 1.165) is 0 Å². The molecule has 0 amide bonds. The van der Waals surface area contributed by atoms with Crippen molar-refractivity contribution >= 4 is 24.2 Å². The summed E-state index contributed by atoms with van der Waals surface area (Å²) in [5.41, 5.74) is 5.38. The second-order valence-electron chi connectivity index (χ2n) is 10.4. The first-order valence-electron chi connectivity index (χ1n) is 13.7. The number of methoxy groups -OCH3 is 1. The quantitative estimate of drug-likeness (QED) is 0.163. The molecule has 1 rings (SSSR count). The Balaban J connectivity index is 3.22. The molecule has 2 unspecified atom stereocenters. The fourth-order valence-electron chi connectivity index (χ4n) is 3.59.